The van der Waals surface area contributed by atoms with Gasteiger partial charge in [0, 0.05) is 37.0 Å². The number of aliphatic hydroxyl groups excluding tert-OH is 1. The molecule has 10 nitrogen and oxygen atoms in total. The predicted octanol–water partition coefficient (Wildman–Crippen LogP) is 2.98. The Morgan fingerprint density at radius 2 is 1.78 bits per heavy atom. The van der Waals surface area contributed by atoms with Gasteiger partial charge in [-0.2, -0.15) is 0 Å². The van der Waals surface area contributed by atoms with Gasteiger partial charge in [-0.25, -0.2) is 4.79 Å². The zero-order chi connectivity index (χ0) is 28.0. The van der Waals surface area contributed by atoms with Crippen molar-refractivity contribution >= 4 is 29.6 Å². The van der Waals surface area contributed by atoms with E-state index >= 15 is 0 Å². The maximum absolute atomic E-state index is 13.2. The van der Waals surface area contributed by atoms with Crippen LogP contribution in [-0.2, 0) is 36.9 Å². The Morgan fingerprint density at radius 1 is 1.14 bits per heavy atom. The first-order valence-electron chi connectivity index (χ1n) is 12.3. The predicted molar refractivity (Wildman–Crippen MR) is 139 cm³/mol. The van der Waals surface area contributed by atoms with E-state index < -0.39 is 41.5 Å². The summed E-state index contributed by atoms with van der Waals surface area (Å²) in [5, 5.41) is 17.2. The van der Waals surface area contributed by atoms with Gasteiger partial charge in [-0.3, -0.25) is 14.5 Å². The number of benzene rings is 1. The van der Waals surface area contributed by atoms with Crippen LogP contribution in [0, 0.1) is 5.41 Å². The quantitative estimate of drug-likeness (QED) is 0.429. The molecule has 1 heterocycles. The van der Waals surface area contributed by atoms with Gasteiger partial charge in [-0.1, -0.05) is 38.4 Å². The highest BCUT2D eigenvalue weighted by molar-refractivity contribution is 6.30. The molecule has 2 amide bonds. The highest BCUT2D eigenvalue weighted by Crippen LogP contribution is 2.28. The second-order valence-electron chi connectivity index (χ2n) is 11.1. The van der Waals surface area contributed by atoms with E-state index in [-0.39, 0.29) is 32.1 Å². The molecule has 3 atom stereocenters. The van der Waals surface area contributed by atoms with E-state index in [1.165, 1.54) is 6.92 Å². The molecule has 1 fully saturated rings. The second kappa shape index (κ2) is 12.9. The van der Waals surface area contributed by atoms with E-state index in [4.69, 9.17) is 25.8 Å². The largest absolute Gasteiger partial charge is 0.458 e. The number of amides is 2. The molecule has 3 unspecified atom stereocenters. The minimum Gasteiger partial charge on any atom is -0.458 e. The molecule has 0 saturated carbocycles. The minimum absolute atomic E-state index is 0.0719. The van der Waals surface area contributed by atoms with Crippen molar-refractivity contribution in [1.29, 1.82) is 0 Å². The third-order valence-corrected chi connectivity index (χ3v) is 5.91. The Labute approximate surface area is 224 Å². The molecule has 1 aromatic rings. The molecule has 11 heteroatoms. The number of alkyl carbamates (subject to hydrolysis) is 1. The molecule has 208 valence electrons. The average molecular weight is 542 g/mol. The molecule has 2 rings (SSSR count). The van der Waals surface area contributed by atoms with Gasteiger partial charge in [-0.15, -0.1) is 0 Å². The van der Waals surface area contributed by atoms with Gasteiger partial charge in [0.2, 0.25) is 5.91 Å². The van der Waals surface area contributed by atoms with Crippen LogP contribution in [-0.4, -0.2) is 71.7 Å². The molecule has 37 heavy (non-hydrogen) atoms. The monoisotopic (exact) mass is 541 g/mol. The molecule has 0 aliphatic carbocycles. The van der Waals surface area contributed by atoms with Gasteiger partial charge in [-0.05, 0) is 44.0 Å². The summed E-state index contributed by atoms with van der Waals surface area (Å²) in [6, 6.07) is 4.39. The van der Waals surface area contributed by atoms with Gasteiger partial charge >= 0.3 is 12.1 Å². The first kappa shape index (κ1) is 30.8. The topological polar surface area (TPSA) is 126 Å². The van der Waals surface area contributed by atoms with Crippen molar-refractivity contribution in [2.45, 2.75) is 85.5 Å². The zero-order valence-corrected chi connectivity index (χ0v) is 23.5. The van der Waals surface area contributed by atoms with Crippen molar-refractivity contribution in [3.63, 3.8) is 0 Å². The summed E-state index contributed by atoms with van der Waals surface area (Å²) in [4.78, 5) is 38.6. The molecule has 1 aliphatic rings. The van der Waals surface area contributed by atoms with E-state index in [9.17, 15) is 19.5 Å². The van der Waals surface area contributed by atoms with E-state index in [1.807, 2.05) is 20.8 Å². The van der Waals surface area contributed by atoms with Crippen LogP contribution in [0.3, 0.4) is 0 Å². The number of carbonyl (C=O) groups is 3. The molecule has 1 aromatic carbocycles. The first-order valence-corrected chi connectivity index (χ1v) is 12.7. The van der Waals surface area contributed by atoms with Gasteiger partial charge in [0.25, 0.3) is 0 Å². The number of morpholine rings is 1. The smallest absolute Gasteiger partial charge is 0.407 e. The van der Waals surface area contributed by atoms with E-state index in [0.29, 0.717) is 17.2 Å². The maximum Gasteiger partial charge on any atom is 0.407 e. The number of hydrogen-bond acceptors (Lipinski definition) is 8. The highest BCUT2D eigenvalue weighted by atomic mass is 35.5. The molecule has 0 aromatic heterocycles. The molecule has 1 saturated heterocycles. The number of nitrogens with one attached hydrogen (secondary N) is 2. The van der Waals surface area contributed by atoms with Gasteiger partial charge in [0.05, 0.1) is 13.2 Å². The fourth-order valence-electron chi connectivity index (χ4n) is 3.91. The number of hydrogen-bond donors (Lipinski definition) is 3. The van der Waals surface area contributed by atoms with E-state index in [2.05, 4.69) is 10.6 Å². The zero-order valence-electron chi connectivity index (χ0n) is 22.7. The summed E-state index contributed by atoms with van der Waals surface area (Å²) in [5.41, 5.74) is 0.283. The number of ether oxygens (including phenoxy) is 3. The fraction of sp³-hybridized carbons (Fsp3) is 0.654. The van der Waals surface area contributed by atoms with Crippen LogP contribution in [0.4, 0.5) is 4.79 Å². The van der Waals surface area contributed by atoms with Gasteiger partial charge in [0.15, 0.2) is 0 Å². The van der Waals surface area contributed by atoms with Crippen molar-refractivity contribution in [3.8, 4) is 0 Å². The van der Waals surface area contributed by atoms with E-state index in [0.717, 1.165) is 5.56 Å². The summed E-state index contributed by atoms with van der Waals surface area (Å²) < 4.78 is 16.2. The molecular formula is C26H40ClN3O7. The van der Waals surface area contributed by atoms with Crippen LogP contribution in [0.25, 0.3) is 0 Å². The number of nitrogens with zero attached hydrogens (tertiary/aromatic N) is 1. The maximum atomic E-state index is 13.2. The lowest BCUT2D eigenvalue weighted by Gasteiger charge is -2.43. The lowest BCUT2D eigenvalue weighted by molar-refractivity contribution is -0.192. The third kappa shape index (κ3) is 9.77. The van der Waals surface area contributed by atoms with E-state index in [1.54, 1.807) is 43.9 Å². The van der Waals surface area contributed by atoms with Crippen molar-refractivity contribution in [1.82, 2.24) is 15.5 Å². The number of esters is 1. The van der Waals surface area contributed by atoms with Crippen LogP contribution in [0.2, 0.25) is 5.02 Å². The Balaban J connectivity index is 2.12. The normalized spacial score (nSPS) is 18.5. The number of carbonyl (C=O) groups excluding carboxylic acids is 3. The Kier molecular flexibility index (Phi) is 10.8. The summed E-state index contributed by atoms with van der Waals surface area (Å²) in [6.07, 6.45) is -2.61. The van der Waals surface area contributed by atoms with Crippen LogP contribution in [0.1, 0.15) is 59.6 Å². The number of aliphatic hydroxyl groups is 1. The van der Waals surface area contributed by atoms with Crippen molar-refractivity contribution in [3.05, 3.63) is 34.3 Å². The summed E-state index contributed by atoms with van der Waals surface area (Å²) >= 11 is 6.19. The van der Waals surface area contributed by atoms with Crippen LogP contribution < -0.4 is 10.6 Å². The molecular weight excluding hydrogens is 502 g/mol. The van der Waals surface area contributed by atoms with Crippen molar-refractivity contribution in [2.75, 3.05) is 19.8 Å². The summed E-state index contributed by atoms with van der Waals surface area (Å²) in [6.45, 7) is 13.2. The van der Waals surface area contributed by atoms with Crippen LogP contribution in [0.15, 0.2) is 18.2 Å². The van der Waals surface area contributed by atoms with Crippen molar-refractivity contribution < 1.29 is 33.7 Å². The number of halogens is 1. The molecule has 3 N–H and O–H groups in total. The second-order valence-corrected chi connectivity index (χ2v) is 11.6. The van der Waals surface area contributed by atoms with Crippen molar-refractivity contribution in [2.24, 2.45) is 5.41 Å². The lowest BCUT2D eigenvalue weighted by Crippen LogP contribution is -2.62. The fourth-order valence-corrected chi connectivity index (χ4v) is 4.10. The summed E-state index contributed by atoms with van der Waals surface area (Å²) in [7, 11) is 0. The van der Waals surface area contributed by atoms with Gasteiger partial charge in [0.1, 0.15) is 24.0 Å². The highest BCUT2D eigenvalue weighted by Gasteiger charge is 2.42. The third-order valence-electron chi connectivity index (χ3n) is 5.67. The van der Waals surface area contributed by atoms with Crippen LogP contribution >= 0.6 is 11.6 Å². The Morgan fingerprint density at radius 3 is 2.38 bits per heavy atom. The molecule has 1 aliphatic heterocycles. The summed E-state index contributed by atoms with van der Waals surface area (Å²) in [5.74, 6) is -0.873. The Bertz CT molecular complexity index is 958. The molecule has 0 bridgehead atoms. The average Bonchev–Trinajstić information content (AvgIpc) is 2.78. The SMILES string of the molecule is CC(=O)OC(C(O)N1CCOCC1C(=O)NCc1cc(Cl)ccc1CNC(=O)OC(C)(C)C)C(C)(C)C. The first-order chi connectivity index (χ1) is 17.1. The molecule has 0 radical (unpaired) electrons. The Hall–Kier alpha value is -2.40. The number of rotatable bonds is 8. The standard InChI is InChI=1S/C26H40ClN3O7/c1-16(31)36-21(25(2,3)4)23(33)30-10-11-35-15-20(30)22(32)28-14-18-12-19(27)9-8-17(18)13-29-24(34)37-26(5,6)7/h8-9,12,20-21,23,33H,10-11,13-15H2,1-7H3,(H,28,32)(H,29,34). The minimum atomic E-state index is -1.21. The lowest BCUT2D eigenvalue weighted by atomic mass is 9.87. The van der Waals surface area contributed by atoms with Crippen LogP contribution in [0.5, 0.6) is 0 Å². The van der Waals surface area contributed by atoms with Gasteiger partial charge < -0.3 is 30.0 Å². The molecule has 0 spiro atoms.